The molecule has 0 aliphatic heterocycles. The third kappa shape index (κ3) is 4.24. The molecule has 0 aliphatic carbocycles. The van der Waals surface area contributed by atoms with E-state index < -0.39 is 11.8 Å². The van der Waals surface area contributed by atoms with Crippen LogP contribution < -0.4 is 10.9 Å². The number of carbonyl (C=O) groups excluding carboxylic acids is 2. The topological polar surface area (TPSA) is 96.9 Å². The molecule has 2 amide bonds. The van der Waals surface area contributed by atoms with E-state index in [0.717, 1.165) is 0 Å². The van der Waals surface area contributed by atoms with Gasteiger partial charge in [0, 0.05) is 6.20 Å². The number of amides is 2. The summed E-state index contributed by atoms with van der Waals surface area (Å²) in [6.45, 7) is 0. The molecule has 0 aliphatic rings. The number of hydrogen-bond donors (Lipinski definition) is 2. The molecular formula is C17H12BrN5O2. The monoisotopic (exact) mass is 397 g/mol. The molecule has 25 heavy (non-hydrogen) atoms. The molecule has 0 saturated carbocycles. The van der Waals surface area contributed by atoms with Crippen LogP contribution in [-0.4, -0.2) is 26.8 Å². The van der Waals surface area contributed by atoms with Crippen LogP contribution >= 0.6 is 15.9 Å². The molecule has 3 aromatic heterocycles. The number of halogens is 1. The van der Waals surface area contributed by atoms with Crippen LogP contribution in [0.4, 0.5) is 0 Å². The van der Waals surface area contributed by atoms with E-state index in [1.165, 1.54) is 6.07 Å². The van der Waals surface area contributed by atoms with Gasteiger partial charge in [-0.15, -0.1) is 0 Å². The molecule has 0 spiro atoms. The minimum absolute atomic E-state index is 0.158. The highest BCUT2D eigenvalue weighted by molar-refractivity contribution is 9.10. The molecule has 2 N–H and O–H groups in total. The first-order valence-electron chi connectivity index (χ1n) is 7.25. The molecule has 0 atom stereocenters. The van der Waals surface area contributed by atoms with Gasteiger partial charge in [-0.1, -0.05) is 18.2 Å². The average Bonchev–Trinajstić information content (AvgIpc) is 2.66. The van der Waals surface area contributed by atoms with Gasteiger partial charge in [-0.05, 0) is 52.3 Å². The van der Waals surface area contributed by atoms with Gasteiger partial charge < -0.3 is 0 Å². The normalized spacial score (nSPS) is 10.1. The summed E-state index contributed by atoms with van der Waals surface area (Å²) in [4.78, 5) is 36.6. The minimum Gasteiger partial charge on any atom is -0.266 e. The highest BCUT2D eigenvalue weighted by Crippen LogP contribution is 2.13. The predicted molar refractivity (Wildman–Crippen MR) is 94.3 cm³/mol. The fraction of sp³-hybridized carbons (Fsp3) is 0. The van der Waals surface area contributed by atoms with Crippen molar-refractivity contribution < 1.29 is 9.59 Å². The highest BCUT2D eigenvalue weighted by Gasteiger charge is 2.12. The number of aromatic nitrogens is 3. The second-order valence-electron chi connectivity index (χ2n) is 4.88. The summed E-state index contributed by atoms with van der Waals surface area (Å²) in [5.41, 5.74) is 6.17. The van der Waals surface area contributed by atoms with Gasteiger partial charge in [0.25, 0.3) is 11.8 Å². The minimum atomic E-state index is -0.541. The quantitative estimate of drug-likeness (QED) is 0.522. The Morgan fingerprint density at radius 2 is 1.40 bits per heavy atom. The third-order valence-corrected chi connectivity index (χ3v) is 3.59. The summed E-state index contributed by atoms with van der Waals surface area (Å²) in [5, 5.41) is 0. The van der Waals surface area contributed by atoms with Crippen LogP contribution in [0.5, 0.6) is 0 Å². The number of nitrogens with zero attached hydrogens (tertiary/aromatic N) is 3. The van der Waals surface area contributed by atoms with Crippen molar-refractivity contribution in [2.75, 3.05) is 0 Å². The van der Waals surface area contributed by atoms with Crippen LogP contribution in [0.15, 0.2) is 65.4 Å². The molecule has 3 heterocycles. The predicted octanol–water partition coefficient (Wildman–Crippen LogP) is 2.38. The fourth-order valence-corrected chi connectivity index (χ4v) is 2.34. The lowest BCUT2D eigenvalue weighted by Crippen LogP contribution is -2.42. The Morgan fingerprint density at radius 1 is 0.760 bits per heavy atom. The lowest BCUT2D eigenvalue weighted by Gasteiger charge is -2.07. The Bertz CT molecular complexity index is 918. The molecule has 0 bridgehead atoms. The van der Waals surface area contributed by atoms with Gasteiger partial charge in [0.15, 0.2) is 0 Å². The van der Waals surface area contributed by atoms with Crippen molar-refractivity contribution in [3.63, 3.8) is 0 Å². The Labute approximate surface area is 151 Å². The van der Waals surface area contributed by atoms with Crippen molar-refractivity contribution in [3.8, 4) is 11.4 Å². The smallest absolute Gasteiger partial charge is 0.266 e. The Morgan fingerprint density at radius 3 is 2.04 bits per heavy atom. The van der Waals surface area contributed by atoms with Crippen molar-refractivity contribution in [2.45, 2.75) is 0 Å². The zero-order valence-electron chi connectivity index (χ0n) is 12.8. The number of carbonyl (C=O) groups is 2. The zero-order chi connectivity index (χ0) is 17.6. The first-order chi connectivity index (χ1) is 12.1. The maximum Gasteiger partial charge on any atom is 0.288 e. The van der Waals surface area contributed by atoms with Crippen LogP contribution in [0, 0.1) is 0 Å². The highest BCUT2D eigenvalue weighted by atomic mass is 79.9. The van der Waals surface area contributed by atoms with E-state index in [0.29, 0.717) is 16.0 Å². The summed E-state index contributed by atoms with van der Waals surface area (Å²) in [6.07, 6.45) is 1.65. The van der Waals surface area contributed by atoms with E-state index in [-0.39, 0.29) is 11.4 Å². The molecule has 3 rings (SSSR count). The van der Waals surface area contributed by atoms with Crippen LogP contribution in [-0.2, 0) is 0 Å². The van der Waals surface area contributed by atoms with Gasteiger partial charge in [0.2, 0.25) is 0 Å². The van der Waals surface area contributed by atoms with Crippen molar-refractivity contribution in [3.05, 3.63) is 76.8 Å². The Hall–Kier alpha value is -3.13. The lowest BCUT2D eigenvalue weighted by atomic mass is 10.2. The van der Waals surface area contributed by atoms with Gasteiger partial charge in [0.05, 0.1) is 11.4 Å². The molecule has 7 nitrogen and oxygen atoms in total. The maximum atomic E-state index is 12.2. The van der Waals surface area contributed by atoms with Crippen molar-refractivity contribution >= 4 is 27.7 Å². The number of nitrogens with one attached hydrogen (secondary N) is 2. The van der Waals surface area contributed by atoms with E-state index >= 15 is 0 Å². The lowest BCUT2D eigenvalue weighted by molar-refractivity contribution is 0.0841. The van der Waals surface area contributed by atoms with Crippen LogP contribution in [0.3, 0.4) is 0 Å². The summed E-state index contributed by atoms with van der Waals surface area (Å²) >= 11 is 3.18. The van der Waals surface area contributed by atoms with Crippen LogP contribution in [0.2, 0.25) is 0 Å². The fourth-order valence-electron chi connectivity index (χ4n) is 1.99. The van der Waals surface area contributed by atoms with Gasteiger partial charge in [-0.2, -0.15) is 0 Å². The van der Waals surface area contributed by atoms with Gasteiger partial charge in [0.1, 0.15) is 16.0 Å². The SMILES string of the molecule is O=C(NNC(=O)c1cccc(-c2ccccn2)n1)c1cccc(Br)n1. The summed E-state index contributed by atoms with van der Waals surface area (Å²) in [6, 6.07) is 15.3. The molecule has 3 aromatic rings. The van der Waals surface area contributed by atoms with Gasteiger partial charge in [-0.25, -0.2) is 9.97 Å². The summed E-state index contributed by atoms with van der Waals surface area (Å²) < 4.78 is 0.524. The van der Waals surface area contributed by atoms with Crippen LogP contribution in [0.25, 0.3) is 11.4 Å². The maximum absolute atomic E-state index is 12.2. The Kier molecular flexibility index (Phi) is 5.10. The molecule has 8 heteroatoms. The van der Waals surface area contributed by atoms with Gasteiger partial charge in [-0.3, -0.25) is 25.4 Å². The van der Waals surface area contributed by atoms with Gasteiger partial charge >= 0.3 is 0 Å². The Balaban J connectivity index is 1.68. The molecule has 0 unspecified atom stereocenters. The first-order valence-corrected chi connectivity index (χ1v) is 8.04. The van der Waals surface area contributed by atoms with Crippen LogP contribution in [0.1, 0.15) is 21.0 Å². The van der Waals surface area contributed by atoms with E-state index in [4.69, 9.17) is 0 Å². The molecular weight excluding hydrogens is 386 g/mol. The first kappa shape index (κ1) is 16.7. The van der Waals surface area contributed by atoms with Crippen molar-refractivity contribution in [1.29, 1.82) is 0 Å². The molecule has 0 fully saturated rings. The largest absolute Gasteiger partial charge is 0.288 e. The standard InChI is InChI=1S/C17H12BrN5O2/c18-15-9-4-8-14(21-15)17(25)23-22-16(24)13-7-3-6-12(20-13)11-5-1-2-10-19-11/h1-10H,(H,22,24)(H,23,25). The second-order valence-corrected chi connectivity index (χ2v) is 5.69. The van der Waals surface area contributed by atoms with E-state index in [1.54, 1.807) is 48.7 Å². The zero-order valence-corrected chi connectivity index (χ0v) is 14.4. The van der Waals surface area contributed by atoms with Crippen molar-refractivity contribution in [2.24, 2.45) is 0 Å². The molecule has 124 valence electrons. The summed E-state index contributed by atoms with van der Waals surface area (Å²) in [5.74, 6) is -1.07. The third-order valence-electron chi connectivity index (χ3n) is 3.15. The molecule has 0 aromatic carbocycles. The average molecular weight is 398 g/mol. The second kappa shape index (κ2) is 7.63. The van der Waals surface area contributed by atoms with Crippen molar-refractivity contribution in [1.82, 2.24) is 25.8 Å². The summed E-state index contributed by atoms with van der Waals surface area (Å²) in [7, 11) is 0. The number of pyridine rings is 3. The number of hydrogen-bond acceptors (Lipinski definition) is 5. The molecule has 0 radical (unpaired) electrons. The van der Waals surface area contributed by atoms with E-state index in [2.05, 4.69) is 41.7 Å². The van der Waals surface area contributed by atoms with E-state index in [9.17, 15) is 9.59 Å². The number of rotatable bonds is 3. The van der Waals surface area contributed by atoms with E-state index in [1.807, 2.05) is 6.07 Å². The molecule has 0 saturated heterocycles. The number of hydrazine groups is 1.